The SMILES string of the molecule is COC(=O)c1cc(NC(=O)c2cnc(SC)n2-c2ccccc2)c(F)cc1F. The molecular weight excluding hydrogens is 388 g/mol. The third kappa shape index (κ3) is 3.74. The van der Waals surface area contributed by atoms with E-state index in [2.05, 4.69) is 15.0 Å². The summed E-state index contributed by atoms with van der Waals surface area (Å²) in [6.07, 6.45) is 3.17. The number of hydrogen-bond donors (Lipinski definition) is 1. The molecule has 0 atom stereocenters. The Balaban J connectivity index is 1.99. The molecule has 0 aliphatic heterocycles. The van der Waals surface area contributed by atoms with E-state index in [9.17, 15) is 18.4 Å². The van der Waals surface area contributed by atoms with E-state index in [1.165, 1.54) is 18.0 Å². The number of nitrogens with zero attached hydrogens (tertiary/aromatic N) is 2. The largest absolute Gasteiger partial charge is 0.465 e. The van der Waals surface area contributed by atoms with Gasteiger partial charge in [-0.15, -0.1) is 0 Å². The Hall–Kier alpha value is -3.20. The number of anilines is 1. The van der Waals surface area contributed by atoms with Gasteiger partial charge in [0, 0.05) is 11.8 Å². The van der Waals surface area contributed by atoms with Gasteiger partial charge in [0.25, 0.3) is 5.91 Å². The first-order valence-corrected chi connectivity index (χ1v) is 9.24. The molecule has 1 heterocycles. The highest BCUT2D eigenvalue weighted by Crippen LogP contribution is 2.24. The number of imidazole rings is 1. The lowest BCUT2D eigenvalue weighted by Gasteiger charge is -2.12. The third-order valence-corrected chi connectivity index (χ3v) is 4.52. The van der Waals surface area contributed by atoms with Crippen LogP contribution in [0.1, 0.15) is 20.8 Å². The van der Waals surface area contributed by atoms with Crippen LogP contribution in [0.2, 0.25) is 0 Å². The molecule has 3 aromatic rings. The van der Waals surface area contributed by atoms with Crippen molar-refractivity contribution in [3.8, 4) is 5.69 Å². The third-order valence-electron chi connectivity index (χ3n) is 3.87. The Kier molecular flexibility index (Phi) is 5.74. The average molecular weight is 403 g/mol. The molecule has 0 bridgehead atoms. The van der Waals surface area contributed by atoms with Crippen LogP contribution in [0.15, 0.2) is 53.8 Å². The van der Waals surface area contributed by atoms with Crippen LogP contribution in [0.5, 0.6) is 0 Å². The zero-order chi connectivity index (χ0) is 20.3. The van der Waals surface area contributed by atoms with Crippen LogP contribution in [0, 0.1) is 11.6 Å². The maximum absolute atomic E-state index is 14.1. The van der Waals surface area contributed by atoms with Crippen molar-refractivity contribution in [3.63, 3.8) is 0 Å². The molecule has 0 saturated heterocycles. The number of amides is 1. The van der Waals surface area contributed by atoms with Gasteiger partial charge in [0.05, 0.1) is 24.6 Å². The number of esters is 1. The maximum Gasteiger partial charge on any atom is 0.340 e. The fourth-order valence-electron chi connectivity index (χ4n) is 2.56. The summed E-state index contributed by atoms with van der Waals surface area (Å²) < 4.78 is 34.0. The van der Waals surface area contributed by atoms with Crippen LogP contribution in [-0.4, -0.2) is 34.8 Å². The number of aromatic nitrogens is 2. The zero-order valence-electron chi connectivity index (χ0n) is 14.9. The molecule has 3 rings (SSSR count). The smallest absolute Gasteiger partial charge is 0.340 e. The van der Waals surface area contributed by atoms with Crippen molar-refractivity contribution in [2.45, 2.75) is 5.16 Å². The minimum absolute atomic E-state index is 0.152. The molecule has 28 heavy (non-hydrogen) atoms. The molecule has 1 amide bonds. The molecule has 0 aliphatic rings. The molecule has 1 aromatic heterocycles. The second kappa shape index (κ2) is 8.22. The number of halogens is 2. The fraction of sp³-hybridized carbons (Fsp3) is 0.105. The van der Waals surface area contributed by atoms with Gasteiger partial charge in [-0.2, -0.15) is 0 Å². The number of para-hydroxylation sites is 1. The van der Waals surface area contributed by atoms with Crippen LogP contribution < -0.4 is 5.32 Å². The van der Waals surface area contributed by atoms with E-state index < -0.39 is 29.1 Å². The number of benzene rings is 2. The van der Waals surface area contributed by atoms with Crippen LogP contribution in [0.3, 0.4) is 0 Å². The summed E-state index contributed by atoms with van der Waals surface area (Å²) in [4.78, 5) is 28.6. The molecule has 6 nitrogen and oxygen atoms in total. The highest BCUT2D eigenvalue weighted by molar-refractivity contribution is 7.98. The Morgan fingerprint density at radius 3 is 2.50 bits per heavy atom. The summed E-state index contributed by atoms with van der Waals surface area (Å²) in [5.41, 5.74) is 0.0158. The van der Waals surface area contributed by atoms with E-state index in [0.29, 0.717) is 16.9 Å². The number of carbonyl (C=O) groups is 2. The Bertz CT molecular complexity index is 1040. The first kappa shape index (κ1) is 19.6. The van der Waals surface area contributed by atoms with E-state index in [1.54, 1.807) is 16.7 Å². The predicted octanol–water partition coefficient (Wildman–Crippen LogP) is 3.91. The Labute approximate surface area is 163 Å². The van der Waals surface area contributed by atoms with Crippen molar-refractivity contribution in [2.24, 2.45) is 0 Å². The lowest BCUT2D eigenvalue weighted by Crippen LogP contribution is -2.18. The summed E-state index contributed by atoms with van der Waals surface area (Å²) in [5, 5.41) is 2.92. The van der Waals surface area contributed by atoms with Crippen molar-refractivity contribution < 1.29 is 23.1 Å². The number of carbonyl (C=O) groups excluding carboxylic acids is 2. The molecule has 9 heteroatoms. The minimum Gasteiger partial charge on any atom is -0.465 e. The molecule has 144 valence electrons. The lowest BCUT2D eigenvalue weighted by atomic mass is 10.1. The summed E-state index contributed by atoms with van der Waals surface area (Å²) >= 11 is 1.34. The fourth-order valence-corrected chi connectivity index (χ4v) is 3.11. The van der Waals surface area contributed by atoms with Gasteiger partial charge in [0.15, 0.2) is 5.16 Å². The molecule has 0 spiro atoms. The number of ether oxygens (including phenoxy) is 1. The quantitative estimate of drug-likeness (QED) is 0.517. The van der Waals surface area contributed by atoms with Crippen molar-refractivity contribution in [3.05, 3.63) is 71.6 Å². The van der Waals surface area contributed by atoms with E-state index >= 15 is 0 Å². The van der Waals surface area contributed by atoms with Crippen LogP contribution in [0.25, 0.3) is 5.69 Å². The predicted molar refractivity (Wildman–Crippen MR) is 101 cm³/mol. The number of hydrogen-bond acceptors (Lipinski definition) is 5. The Morgan fingerprint density at radius 2 is 1.86 bits per heavy atom. The first-order chi connectivity index (χ1) is 13.5. The van der Waals surface area contributed by atoms with Gasteiger partial charge in [0.1, 0.15) is 17.3 Å². The van der Waals surface area contributed by atoms with Gasteiger partial charge in [-0.05, 0) is 24.5 Å². The van der Waals surface area contributed by atoms with E-state index in [4.69, 9.17) is 0 Å². The summed E-state index contributed by atoms with van der Waals surface area (Å²) in [6.45, 7) is 0. The lowest BCUT2D eigenvalue weighted by molar-refractivity contribution is 0.0595. The summed E-state index contributed by atoms with van der Waals surface area (Å²) in [5.74, 6) is -3.75. The number of methoxy groups -OCH3 is 1. The van der Waals surface area contributed by atoms with Crippen LogP contribution in [0.4, 0.5) is 14.5 Å². The van der Waals surface area contributed by atoms with Gasteiger partial charge < -0.3 is 10.1 Å². The maximum atomic E-state index is 14.1. The monoisotopic (exact) mass is 403 g/mol. The van der Waals surface area contributed by atoms with Crippen molar-refractivity contribution in [1.82, 2.24) is 9.55 Å². The van der Waals surface area contributed by atoms with Gasteiger partial charge in [-0.25, -0.2) is 18.6 Å². The van der Waals surface area contributed by atoms with Gasteiger partial charge in [-0.3, -0.25) is 9.36 Å². The second-order valence-corrected chi connectivity index (χ2v) is 6.33. The van der Waals surface area contributed by atoms with Gasteiger partial charge >= 0.3 is 5.97 Å². The molecule has 0 aliphatic carbocycles. The highest BCUT2D eigenvalue weighted by Gasteiger charge is 2.21. The molecule has 0 fully saturated rings. The summed E-state index contributed by atoms with van der Waals surface area (Å²) in [6, 6.07) is 10.5. The van der Waals surface area contributed by atoms with Crippen molar-refractivity contribution >= 4 is 29.3 Å². The minimum atomic E-state index is -1.08. The molecular formula is C19H15F2N3O3S. The van der Waals surface area contributed by atoms with Gasteiger partial charge in [0.2, 0.25) is 0 Å². The van der Waals surface area contributed by atoms with Crippen molar-refractivity contribution in [2.75, 3.05) is 18.7 Å². The molecule has 1 N–H and O–H groups in total. The summed E-state index contributed by atoms with van der Waals surface area (Å²) in [7, 11) is 1.08. The van der Waals surface area contributed by atoms with E-state index in [0.717, 1.165) is 13.2 Å². The molecule has 2 aromatic carbocycles. The molecule has 0 radical (unpaired) electrons. The first-order valence-electron chi connectivity index (χ1n) is 8.02. The molecule has 0 unspecified atom stereocenters. The van der Waals surface area contributed by atoms with Crippen LogP contribution >= 0.6 is 11.8 Å². The Morgan fingerprint density at radius 1 is 1.14 bits per heavy atom. The topological polar surface area (TPSA) is 73.2 Å². The van der Waals surface area contributed by atoms with E-state index in [1.807, 2.05) is 24.5 Å². The van der Waals surface area contributed by atoms with Gasteiger partial charge in [-0.1, -0.05) is 30.0 Å². The van der Waals surface area contributed by atoms with Crippen molar-refractivity contribution in [1.29, 1.82) is 0 Å². The van der Waals surface area contributed by atoms with Crippen LogP contribution in [-0.2, 0) is 4.74 Å². The average Bonchev–Trinajstić information content (AvgIpc) is 3.14. The number of rotatable bonds is 5. The normalized spacial score (nSPS) is 10.6. The molecule has 0 saturated carbocycles. The second-order valence-electron chi connectivity index (χ2n) is 5.56. The van der Waals surface area contributed by atoms with E-state index in [-0.39, 0.29) is 11.4 Å². The number of nitrogens with one attached hydrogen (secondary N) is 1. The standard InChI is InChI=1S/C19H15F2N3O3S/c1-27-18(26)12-8-15(14(21)9-13(12)20)23-17(25)16-10-22-19(28-2)24(16)11-6-4-3-5-7-11/h3-10H,1-2H3,(H,23,25). The highest BCUT2D eigenvalue weighted by atomic mass is 32.2. The number of thioether (sulfide) groups is 1. The zero-order valence-corrected chi connectivity index (χ0v) is 15.7.